The lowest BCUT2D eigenvalue weighted by Crippen LogP contribution is -2.17. The molecule has 1 aromatic heterocycles. The van der Waals surface area contributed by atoms with Gasteiger partial charge in [0.05, 0.1) is 11.8 Å². The summed E-state index contributed by atoms with van der Waals surface area (Å²) in [7, 11) is 0. The molecule has 0 saturated heterocycles. The van der Waals surface area contributed by atoms with Gasteiger partial charge in [-0.3, -0.25) is 4.68 Å². The molecule has 0 aromatic carbocycles. The number of aromatic nitrogens is 2. The summed E-state index contributed by atoms with van der Waals surface area (Å²) in [4.78, 5) is 0. The fourth-order valence-corrected chi connectivity index (χ4v) is 2.86. The second kappa shape index (κ2) is 6.20. The SMILES string of the molecule is CCCn1nccc1C(O)C1CCCCCC1. The summed E-state index contributed by atoms with van der Waals surface area (Å²) in [6.07, 6.45) is 10.1. The van der Waals surface area contributed by atoms with E-state index in [0.717, 1.165) is 18.7 Å². The van der Waals surface area contributed by atoms with E-state index in [2.05, 4.69) is 12.0 Å². The predicted molar refractivity (Wildman–Crippen MR) is 68.7 cm³/mol. The van der Waals surface area contributed by atoms with Gasteiger partial charge >= 0.3 is 0 Å². The Balaban J connectivity index is 2.06. The maximum atomic E-state index is 10.5. The lowest BCUT2D eigenvalue weighted by Gasteiger charge is -2.22. The van der Waals surface area contributed by atoms with Crippen LogP contribution in [0.2, 0.25) is 0 Å². The second-order valence-corrected chi connectivity index (χ2v) is 5.18. The van der Waals surface area contributed by atoms with Crippen LogP contribution >= 0.6 is 0 Å². The van der Waals surface area contributed by atoms with Gasteiger partial charge in [0.1, 0.15) is 0 Å². The molecule has 1 aromatic rings. The van der Waals surface area contributed by atoms with Crippen molar-refractivity contribution < 1.29 is 5.11 Å². The molecular formula is C14H24N2O. The largest absolute Gasteiger partial charge is 0.387 e. The third-order valence-electron chi connectivity index (χ3n) is 3.83. The van der Waals surface area contributed by atoms with Crippen LogP contribution in [0.1, 0.15) is 63.7 Å². The van der Waals surface area contributed by atoms with Gasteiger partial charge in [0.2, 0.25) is 0 Å². The summed E-state index contributed by atoms with van der Waals surface area (Å²) in [5.41, 5.74) is 1.01. The average Bonchev–Trinajstić information content (AvgIpc) is 2.63. The highest BCUT2D eigenvalue weighted by Crippen LogP contribution is 2.33. The van der Waals surface area contributed by atoms with E-state index in [1.54, 1.807) is 0 Å². The van der Waals surface area contributed by atoms with Crippen molar-refractivity contribution in [3.63, 3.8) is 0 Å². The number of hydrogen-bond acceptors (Lipinski definition) is 2. The van der Waals surface area contributed by atoms with Crippen molar-refractivity contribution in [2.75, 3.05) is 0 Å². The van der Waals surface area contributed by atoms with E-state index in [-0.39, 0.29) is 6.10 Å². The van der Waals surface area contributed by atoms with Crippen molar-refractivity contribution in [3.05, 3.63) is 18.0 Å². The summed E-state index contributed by atoms with van der Waals surface area (Å²) in [6.45, 7) is 3.05. The van der Waals surface area contributed by atoms with Gasteiger partial charge in [-0.2, -0.15) is 5.10 Å². The third kappa shape index (κ3) is 3.09. The van der Waals surface area contributed by atoms with Crippen LogP contribution < -0.4 is 0 Å². The van der Waals surface area contributed by atoms with E-state index in [0.29, 0.717) is 5.92 Å². The number of aryl methyl sites for hydroxylation is 1. The van der Waals surface area contributed by atoms with Gasteiger partial charge in [-0.1, -0.05) is 32.6 Å². The van der Waals surface area contributed by atoms with Crippen LogP contribution in [0.5, 0.6) is 0 Å². The van der Waals surface area contributed by atoms with Crippen LogP contribution in [0.15, 0.2) is 12.3 Å². The van der Waals surface area contributed by atoms with Crippen LogP contribution in [-0.2, 0) is 6.54 Å². The van der Waals surface area contributed by atoms with Gasteiger partial charge in [-0.05, 0) is 31.2 Å². The molecule has 0 radical (unpaired) electrons. The van der Waals surface area contributed by atoms with Crippen LogP contribution in [0.25, 0.3) is 0 Å². The second-order valence-electron chi connectivity index (χ2n) is 5.18. The Labute approximate surface area is 104 Å². The Bertz CT molecular complexity index is 327. The van der Waals surface area contributed by atoms with Crippen LogP contribution in [0.4, 0.5) is 0 Å². The van der Waals surface area contributed by atoms with Gasteiger partial charge in [-0.25, -0.2) is 0 Å². The molecule has 17 heavy (non-hydrogen) atoms. The molecule has 1 aliphatic rings. The molecule has 0 aliphatic heterocycles. The zero-order valence-corrected chi connectivity index (χ0v) is 10.8. The van der Waals surface area contributed by atoms with E-state index in [1.807, 2.05) is 16.9 Å². The number of aliphatic hydroxyl groups excluding tert-OH is 1. The monoisotopic (exact) mass is 236 g/mol. The summed E-state index contributed by atoms with van der Waals surface area (Å²) in [5, 5.41) is 14.8. The maximum absolute atomic E-state index is 10.5. The smallest absolute Gasteiger partial charge is 0.0984 e. The molecule has 0 spiro atoms. The maximum Gasteiger partial charge on any atom is 0.0984 e. The molecule has 1 aliphatic carbocycles. The fourth-order valence-electron chi connectivity index (χ4n) is 2.86. The first-order chi connectivity index (χ1) is 8.33. The van der Waals surface area contributed by atoms with Crippen molar-refractivity contribution >= 4 is 0 Å². The highest BCUT2D eigenvalue weighted by Gasteiger charge is 2.24. The molecule has 1 heterocycles. The number of hydrogen-bond donors (Lipinski definition) is 1. The Morgan fingerprint density at radius 2 is 2.06 bits per heavy atom. The topological polar surface area (TPSA) is 38.0 Å². The van der Waals surface area contributed by atoms with Crippen LogP contribution in [0.3, 0.4) is 0 Å². The summed E-state index contributed by atoms with van der Waals surface area (Å²) in [6, 6.07) is 1.98. The van der Waals surface area contributed by atoms with Gasteiger partial charge in [0.25, 0.3) is 0 Å². The Hall–Kier alpha value is -0.830. The van der Waals surface area contributed by atoms with E-state index in [4.69, 9.17) is 0 Å². The predicted octanol–water partition coefficient (Wildman–Crippen LogP) is 3.30. The molecule has 3 nitrogen and oxygen atoms in total. The fraction of sp³-hybridized carbons (Fsp3) is 0.786. The Kier molecular flexibility index (Phi) is 4.60. The van der Waals surface area contributed by atoms with Crippen molar-refractivity contribution in [2.24, 2.45) is 5.92 Å². The van der Waals surface area contributed by atoms with E-state index in [9.17, 15) is 5.11 Å². The lowest BCUT2D eigenvalue weighted by atomic mass is 9.92. The average molecular weight is 236 g/mol. The normalized spacial score (nSPS) is 20.1. The van der Waals surface area contributed by atoms with Gasteiger partial charge in [0, 0.05) is 12.7 Å². The molecule has 3 heteroatoms. The minimum atomic E-state index is -0.317. The van der Waals surface area contributed by atoms with E-state index in [1.165, 1.54) is 38.5 Å². The lowest BCUT2D eigenvalue weighted by molar-refractivity contribution is 0.0898. The third-order valence-corrected chi connectivity index (χ3v) is 3.83. The van der Waals surface area contributed by atoms with Crippen LogP contribution in [0, 0.1) is 5.92 Å². The molecule has 0 amide bonds. The zero-order chi connectivity index (χ0) is 12.1. The standard InChI is InChI=1S/C14H24N2O/c1-2-11-16-13(9-10-15-16)14(17)12-7-5-3-4-6-8-12/h9-10,12,14,17H,2-8,11H2,1H3. The van der Waals surface area contributed by atoms with Crippen molar-refractivity contribution in [2.45, 2.75) is 64.5 Å². The van der Waals surface area contributed by atoms with E-state index < -0.39 is 0 Å². The first kappa shape index (κ1) is 12.6. The number of nitrogens with zero attached hydrogens (tertiary/aromatic N) is 2. The minimum absolute atomic E-state index is 0.317. The Morgan fingerprint density at radius 3 is 2.71 bits per heavy atom. The van der Waals surface area contributed by atoms with Crippen molar-refractivity contribution in [1.82, 2.24) is 9.78 Å². The molecule has 1 N–H and O–H groups in total. The molecule has 1 fully saturated rings. The highest BCUT2D eigenvalue weighted by molar-refractivity contribution is 5.06. The highest BCUT2D eigenvalue weighted by atomic mass is 16.3. The summed E-state index contributed by atoms with van der Waals surface area (Å²) < 4.78 is 1.97. The minimum Gasteiger partial charge on any atom is -0.387 e. The quantitative estimate of drug-likeness (QED) is 0.815. The Morgan fingerprint density at radius 1 is 1.35 bits per heavy atom. The van der Waals surface area contributed by atoms with E-state index >= 15 is 0 Å². The molecule has 0 bridgehead atoms. The number of aliphatic hydroxyl groups is 1. The van der Waals surface area contributed by atoms with Gasteiger partial charge in [-0.15, -0.1) is 0 Å². The molecule has 1 atom stereocenters. The van der Waals surface area contributed by atoms with Crippen molar-refractivity contribution in [3.8, 4) is 0 Å². The molecule has 2 rings (SSSR count). The summed E-state index contributed by atoms with van der Waals surface area (Å²) >= 11 is 0. The first-order valence-electron chi connectivity index (χ1n) is 7.02. The van der Waals surface area contributed by atoms with Crippen LogP contribution in [-0.4, -0.2) is 14.9 Å². The van der Waals surface area contributed by atoms with Gasteiger partial charge < -0.3 is 5.11 Å². The van der Waals surface area contributed by atoms with Gasteiger partial charge in [0.15, 0.2) is 0 Å². The molecule has 1 unspecified atom stereocenters. The molecule has 1 saturated carbocycles. The molecule has 96 valence electrons. The number of rotatable bonds is 4. The first-order valence-corrected chi connectivity index (χ1v) is 7.02. The summed E-state index contributed by atoms with van der Waals surface area (Å²) in [5.74, 6) is 0.435. The zero-order valence-electron chi connectivity index (χ0n) is 10.8. The molecular weight excluding hydrogens is 212 g/mol. The van der Waals surface area contributed by atoms with Crippen molar-refractivity contribution in [1.29, 1.82) is 0 Å².